The van der Waals surface area contributed by atoms with Gasteiger partial charge >= 0.3 is 0 Å². The molecule has 0 aliphatic heterocycles. The molecule has 0 atom stereocenters. The predicted octanol–water partition coefficient (Wildman–Crippen LogP) is 4.97. The Balaban J connectivity index is 1.52. The number of fused-ring (bicyclic) bond motifs is 2. The van der Waals surface area contributed by atoms with E-state index in [1.165, 1.54) is 0 Å². The zero-order valence-corrected chi connectivity index (χ0v) is 13.8. The van der Waals surface area contributed by atoms with Gasteiger partial charge in [0.05, 0.1) is 22.7 Å². The van der Waals surface area contributed by atoms with Gasteiger partial charge in [-0.05, 0) is 36.4 Å². The summed E-state index contributed by atoms with van der Waals surface area (Å²) >= 11 is 0. The standard InChI is InChI=1S/C21H14N4O/c1-2-6-18-14(4-1)10-15(12-23-18)21-24-19-8-7-16(11-20(19)25-21)26-17-5-3-9-22-13-17/h1-13H,(H,24,25). The molecule has 0 amide bonds. The van der Waals surface area contributed by atoms with Crippen LogP contribution in [-0.2, 0) is 0 Å². The molecule has 0 fully saturated rings. The van der Waals surface area contributed by atoms with Crippen molar-refractivity contribution in [1.29, 1.82) is 0 Å². The number of pyridine rings is 2. The third-order valence-corrected chi connectivity index (χ3v) is 4.19. The molecule has 5 rings (SSSR count). The summed E-state index contributed by atoms with van der Waals surface area (Å²) in [5.74, 6) is 2.21. The molecule has 0 spiro atoms. The fourth-order valence-corrected chi connectivity index (χ4v) is 2.93. The van der Waals surface area contributed by atoms with Crippen LogP contribution in [0.5, 0.6) is 11.5 Å². The highest BCUT2D eigenvalue weighted by molar-refractivity contribution is 5.85. The zero-order valence-electron chi connectivity index (χ0n) is 13.8. The van der Waals surface area contributed by atoms with Crippen molar-refractivity contribution >= 4 is 21.9 Å². The molecular formula is C21H14N4O. The molecule has 124 valence electrons. The van der Waals surface area contributed by atoms with Crippen molar-refractivity contribution in [2.24, 2.45) is 0 Å². The van der Waals surface area contributed by atoms with Crippen LogP contribution in [0.3, 0.4) is 0 Å². The lowest BCUT2D eigenvalue weighted by molar-refractivity contribution is 0.481. The number of benzene rings is 2. The zero-order chi connectivity index (χ0) is 17.3. The molecule has 5 heteroatoms. The number of hydrogen-bond acceptors (Lipinski definition) is 4. The maximum atomic E-state index is 5.83. The van der Waals surface area contributed by atoms with Crippen molar-refractivity contribution in [1.82, 2.24) is 19.9 Å². The Hall–Kier alpha value is -3.73. The molecule has 5 nitrogen and oxygen atoms in total. The Labute approximate surface area is 149 Å². The molecule has 0 bridgehead atoms. The molecule has 0 unspecified atom stereocenters. The number of aromatic amines is 1. The largest absolute Gasteiger partial charge is 0.456 e. The second-order valence-electron chi connectivity index (χ2n) is 5.97. The van der Waals surface area contributed by atoms with Gasteiger partial charge in [0.15, 0.2) is 0 Å². The van der Waals surface area contributed by atoms with Crippen LogP contribution in [0, 0.1) is 0 Å². The molecule has 0 saturated carbocycles. The fourth-order valence-electron chi connectivity index (χ4n) is 2.93. The van der Waals surface area contributed by atoms with E-state index in [9.17, 15) is 0 Å². The molecule has 3 aromatic heterocycles. The summed E-state index contributed by atoms with van der Waals surface area (Å²) in [5, 5.41) is 1.09. The van der Waals surface area contributed by atoms with E-state index >= 15 is 0 Å². The van der Waals surface area contributed by atoms with Crippen molar-refractivity contribution in [2.75, 3.05) is 0 Å². The number of imidazole rings is 1. The van der Waals surface area contributed by atoms with Gasteiger partial charge in [0, 0.05) is 29.4 Å². The van der Waals surface area contributed by atoms with E-state index < -0.39 is 0 Å². The van der Waals surface area contributed by atoms with Crippen LogP contribution in [-0.4, -0.2) is 19.9 Å². The Bertz CT molecular complexity index is 1210. The van der Waals surface area contributed by atoms with Crippen molar-refractivity contribution in [3.63, 3.8) is 0 Å². The number of rotatable bonds is 3. The second kappa shape index (κ2) is 5.97. The summed E-state index contributed by atoms with van der Waals surface area (Å²) in [5.41, 5.74) is 3.72. The minimum Gasteiger partial charge on any atom is -0.456 e. The first-order valence-electron chi connectivity index (χ1n) is 8.28. The van der Waals surface area contributed by atoms with Crippen LogP contribution in [0.15, 0.2) is 79.3 Å². The number of hydrogen-bond donors (Lipinski definition) is 1. The maximum Gasteiger partial charge on any atom is 0.145 e. The van der Waals surface area contributed by atoms with Gasteiger partial charge in [-0.2, -0.15) is 0 Å². The van der Waals surface area contributed by atoms with E-state index in [2.05, 4.69) is 21.0 Å². The third-order valence-electron chi connectivity index (χ3n) is 4.19. The molecule has 5 aromatic rings. The monoisotopic (exact) mass is 338 g/mol. The van der Waals surface area contributed by atoms with E-state index in [1.807, 2.05) is 60.8 Å². The second-order valence-corrected chi connectivity index (χ2v) is 5.97. The Morgan fingerprint density at radius 3 is 2.69 bits per heavy atom. The maximum absolute atomic E-state index is 5.83. The van der Waals surface area contributed by atoms with Gasteiger partial charge < -0.3 is 9.72 Å². The van der Waals surface area contributed by atoms with Crippen LogP contribution >= 0.6 is 0 Å². The van der Waals surface area contributed by atoms with Gasteiger partial charge in [0.25, 0.3) is 0 Å². The normalized spacial score (nSPS) is 11.1. The summed E-state index contributed by atoms with van der Waals surface area (Å²) in [6, 6.07) is 19.6. The van der Waals surface area contributed by atoms with Gasteiger partial charge in [-0.15, -0.1) is 0 Å². The number of nitrogens with one attached hydrogen (secondary N) is 1. The van der Waals surface area contributed by atoms with Gasteiger partial charge in [-0.1, -0.05) is 18.2 Å². The Kier molecular flexibility index (Phi) is 3.35. The van der Waals surface area contributed by atoms with Gasteiger partial charge in [-0.25, -0.2) is 4.98 Å². The van der Waals surface area contributed by atoms with Crippen molar-refractivity contribution in [3.8, 4) is 22.9 Å². The quantitative estimate of drug-likeness (QED) is 0.505. The molecule has 0 aliphatic rings. The van der Waals surface area contributed by atoms with Gasteiger partial charge in [-0.3, -0.25) is 9.97 Å². The minimum absolute atomic E-state index is 0.696. The molecular weight excluding hydrogens is 324 g/mol. The summed E-state index contributed by atoms with van der Waals surface area (Å²) in [6.45, 7) is 0. The summed E-state index contributed by atoms with van der Waals surface area (Å²) in [7, 11) is 0. The van der Waals surface area contributed by atoms with Gasteiger partial charge in [0.2, 0.25) is 0 Å². The molecule has 26 heavy (non-hydrogen) atoms. The molecule has 2 aromatic carbocycles. The van der Waals surface area contributed by atoms with Crippen molar-refractivity contribution < 1.29 is 4.74 Å². The van der Waals surface area contributed by atoms with E-state index in [-0.39, 0.29) is 0 Å². The first-order chi connectivity index (χ1) is 12.8. The number of H-pyrrole nitrogens is 1. The minimum atomic E-state index is 0.696. The summed E-state index contributed by atoms with van der Waals surface area (Å²) in [6.07, 6.45) is 5.24. The SMILES string of the molecule is c1cncc(Oc2ccc3[nH]c(-c4cnc5ccccc5c4)nc3c2)c1. The number of ether oxygens (including phenoxy) is 1. The highest BCUT2D eigenvalue weighted by Crippen LogP contribution is 2.27. The van der Waals surface area contributed by atoms with Crippen molar-refractivity contribution in [2.45, 2.75) is 0 Å². The molecule has 1 N–H and O–H groups in total. The smallest absolute Gasteiger partial charge is 0.145 e. The predicted molar refractivity (Wildman–Crippen MR) is 101 cm³/mol. The lowest BCUT2D eigenvalue weighted by Gasteiger charge is -2.03. The fraction of sp³-hybridized carbons (Fsp3) is 0. The van der Waals surface area contributed by atoms with Gasteiger partial charge in [0.1, 0.15) is 17.3 Å². The lowest BCUT2D eigenvalue weighted by Crippen LogP contribution is -1.84. The molecule has 0 saturated heterocycles. The Morgan fingerprint density at radius 2 is 1.77 bits per heavy atom. The first-order valence-corrected chi connectivity index (χ1v) is 8.28. The molecule has 0 aliphatic carbocycles. The first kappa shape index (κ1) is 14.6. The van der Waals surface area contributed by atoms with Crippen LogP contribution < -0.4 is 4.74 Å². The van der Waals surface area contributed by atoms with Crippen molar-refractivity contribution in [3.05, 3.63) is 79.3 Å². The van der Waals surface area contributed by atoms with E-state index in [1.54, 1.807) is 12.4 Å². The van der Waals surface area contributed by atoms with E-state index in [0.29, 0.717) is 5.75 Å². The number of aromatic nitrogens is 4. The summed E-state index contributed by atoms with van der Waals surface area (Å²) in [4.78, 5) is 16.6. The number of nitrogens with zero attached hydrogens (tertiary/aromatic N) is 3. The third kappa shape index (κ3) is 2.65. The lowest BCUT2D eigenvalue weighted by atomic mass is 10.1. The topological polar surface area (TPSA) is 63.7 Å². The summed E-state index contributed by atoms with van der Waals surface area (Å²) < 4.78 is 5.83. The van der Waals surface area contributed by atoms with Crippen LogP contribution in [0.1, 0.15) is 0 Å². The van der Waals surface area contributed by atoms with E-state index in [0.717, 1.165) is 39.1 Å². The average Bonchev–Trinajstić information content (AvgIpc) is 3.12. The van der Waals surface area contributed by atoms with E-state index in [4.69, 9.17) is 9.72 Å². The van der Waals surface area contributed by atoms with Crippen LogP contribution in [0.2, 0.25) is 0 Å². The molecule has 3 heterocycles. The molecule has 0 radical (unpaired) electrons. The number of para-hydroxylation sites is 1. The highest BCUT2D eigenvalue weighted by Gasteiger charge is 2.08. The average molecular weight is 338 g/mol. The van der Waals surface area contributed by atoms with Crippen LogP contribution in [0.4, 0.5) is 0 Å². The van der Waals surface area contributed by atoms with Crippen LogP contribution in [0.25, 0.3) is 33.3 Å². The Morgan fingerprint density at radius 1 is 0.808 bits per heavy atom. The highest BCUT2D eigenvalue weighted by atomic mass is 16.5.